The van der Waals surface area contributed by atoms with Gasteiger partial charge in [0.15, 0.2) is 0 Å². The van der Waals surface area contributed by atoms with Crippen LogP contribution in [0.1, 0.15) is 52.9 Å². The van der Waals surface area contributed by atoms with Crippen LogP contribution in [0.2, 0.25) is 0 Å². The molecule has 0 aromatic rings. The third kappa shape index (κ3) is 1.05. The van der Waals surface area contributed by atoms with Gasteiger partial charge in [0, 0.05) is 18.8 Å². The summed E-state index contributed by atoms with van der Waals surface area (Å²) in [6, 6.07) is 0. The summed E-state index contributed by atoms with van der Waals surface area (Å²) in [5, 5.41) is 0. The molecule has 2 heteroatoms. The molecule has 4 bridgehead atoms. The maximum atomic E-state index is 11.6. The van der Waals surface area contributed by atoms with Crippen LogP contribution in [-0.4, -0.2) is 11.6 Å². The van der Waals surface area contributed by atoms with Crippen molar-refractivity contribution in [3.63, 3.8) is 0 Å². The van der Waals surface area contributed by atoms with E-state index >= 15 is 0 Å². The van der Waals surface area contributed by atoms with Crippen LogP contribution in [-0.2, 0) is 9.53 Å². The molecule has 0 heterocycles. The monoisotopic (exact) mass is 248 g/mol. The van der Waals surface area contributed by atoms with E-state index in [-0.39, 0.29) is 11.6 Å². The van der Waals surface area contributed by atoms with Gasteiger partial charge in [-0.3, -0.25) is 4.79 Å². The molecule has 5 rings (SSSR count). The Morgan fingerprint density at radius 2 is 1.94 bits per heavy atom. The summed E-state index contributed by atoms with van der Waals surface area (Å²) < 4.78 is 6.03. The van der Waals surface area contributed by atoms with E-state index in [1.807, 2.05) is 0 Å². The molecule has 0 aromatic carbocycles. The van der Waals surface area contributed by atoms with Gasteiger partial charge < -0.3 is 4.74 Å². The van der Waals surface area contributed by atoms with Crippen molar-refractivity contribution in [1.29, 1.82) is 0 Å². The number of fused-ring (bicyclic) bond motifs is 1. The average Bonchev–Trinajstić information content (AvgIpc) is 2.41. The second-order valence-electron chi connectivity index (χ2n) is 7.82. The van der Waals surface area contributed by atoms with Crippen molar-refractivity contribution in [1.82, 2.24) is 0 Å². The van der Waals surface area contributed by atoms with Gasteiger partial charge in [0.05, 0.1) is 0 Å². The maximum absolute atomic E-state index is 11.6. The molecule has 0 amide bonds. The van der Waals surface area contributed by atoms with E-state index in [9.17, 15) is 4.79 Å². The van der Waals surface area contributed by atoms with Gasteiger partial charge in [-0.1, -0.05) is 13.8 Å². The summed E-state index contributed by atoms with van der Waals surface area (Å²) >= 11 is 0. The van der Waals surface area contributed by atoms with Gasteiger partial charge in [0.1, 0.15) is 5.60 Å². The Kier molecular flexibility index (Phi) is 1.97. The Labute approximate surface area is 109 Å². The van der Waals surface area contributed by atoms with Crippen LogP contribution in [0.5, 0.6) is 0 Å². The highest BCUT2D eigenvalue weighted by Crippen LogP contribution is 2.78. The summed E-state index contributed by atoms with van der Waals surface area (Å²) in [6.07, 6.45) is 6.92. The minimum Gasteiger partial charge on any atom is -0.458 e. The van der Waals surface area contributed by atoms with E-state index in [2.05, 4.69) is 13.8 Å². The standard InChI is InChI=1S/C16H24O2/c1-9(2)16(18-10(3)17)12-4-11-5-13-14(16)8-15(13,6-11)7-12/h9,11-14H,4-8H2,1-3H3. The van der Waals surface area contributed by atoms with Crippen LogP contribution < -0.4 is 0 Å². The summed E-state index contributed by atoms with van der Waals surface area (Å²) in [5.41, 5.74) is 0.574. The topological polar surface area (TPSA) is 26.3 Å². The van der Waals surface area contributed by atoms with E-state index in [0.29, 0.717) is 23.2 Å². The van der Waals surface area contributed by atoms with Gasteiger partial charge in [-0.05, 0) is 55.3 Å². The van der Waals surface area contributed by atoms with E-state index < -0.39 is 0 Å². The summed E-state index contributed by atoms with van der Waals surface area (Å²) in [5.74, 6) is 3.54. The molecular weight excluding hydrogens is 224 g/mol. The third-order valence-electron chi connectivity index (χ3n) is 6.89. The number of carbonyl (C=O) groups excluding carboxylic acids is 1. The second kappa shape index (κ2) is 3.13. The van der Waals surface area contributed by atoms with Crippen LogP contribution in [0.4, 0.5) is 0 Å². The van der Waals surface area contributed by atoms with Gasteiger partial charge in [-0.25, -0.2) is 0 Å². The highest BCUT2D eigenvalue weighted by atomic mass is 16.6. The molecule has 6 unspecified atom stereocenters. The molecule has 5 fully saturated rings. The fourth-order valence-electron chi connectivity index (χ4n) is 6.68. The van der Waals surface area contributed by atoms with Gasteiger partial charge in [0.2, 0.25) is 0 Å². The number of ether oxygens (including phenoxy) is 1. The highest BCUT2D eigenvalue weighted by molar-refractivity contribution is 5.67. The lowest BCUT2D eigenvalue weighted by Crippen LogP contribution is -2.69. The van der Waals surface area contributed by atoms with Gasteiger partial charge in [-0.15, -0.1) is 0 Å². The molecule has 5 aliphatic carbocycles. The molecule has 0 aliphatic heterocycles. The minimum atomic E-state index is -0.118. The van der Waals surface area contributed by atoms with Crippen LogP contribution >= 0.6 is 0 Å². The first-order valence-electron chi connectivity index (χ1n) is 7.67. The zero-order valence-electron chi connectivity index (χ0n) is 11.7. The summed E-state index contributed by atoms with van der Waals surface area (Å²) in [7, 11) is 0. The van der Waals surface area contributed by atoms with E-state index in [0.717, 1.165) is 11.8 Å². The lowest BCUT2D eigenvalue weighted by atomic mass is 9.38. The minimum absolute atomic E-state index is 0.0640. The third-order valence-corrected chi connectivity index (χ3v) is 6.89. The Morgan fingerprint density at radius 1 is 1.17 bits per heavy atom. The molecule has 0 saturated heterocycles. The van der Waals surface area contributed by atoms with Crippen molar-refractivity contribution >= 4 is 5.97 Å². The first-order chi connectivity index (χ1) is 8.48. The van der Waals surface area contributed by atoms with Crippen molar-refractivity contribution in [3.8, 4) is 0 Å². The first-order valence-corrected chi connectivity index (χ1v) is 7.67. The molecule has 0 aromatic heterocycles. The van der Waals surface area contributed by atoms with Crippen LogP contribution in [0.3, 0.4) is 0 Å². The number of hydrogen-bond acceptors (Lipinski definition) is 2. The largest absolute Gasteiger partial charge is 0.458 e. The lowest BCUT2D eigenvalue weighted by molar-refractivity contribution is -0.266. The molecule has 0 N–H and O–H groups in total. The van der Waals surface area contributed by atoms with Crippen LogP contribution in [0, 0.1) is 35.0 Å². The molecule has 100 valence electrons. The van der Waals surface area contributed by atoms with Gasteiger partial charge in [0.25, 0.3) is 0 Å². The highest BCUT2D eigenvalue weighted by Gasteiger charge is 2.75. The number of rotatable bonds is 2. The predicted octanol–water partition coefficient (Wildman–Crippen LogP) is 3.40. The van der Waals surface area contributed by atoms with Crippen LogP contribution in [0.15, 0.2) is 0 Å². The van der Waals surface area contributed by atoms with Gasteiger partial charge >= 0.3 is 5.97 Å². The number of carbonyl (C=O) groups is 1. The number of hydrogen-bond donors (Lipinski definition) is 0. The second-order valence-corrected chi connectivity index (χ2v) is 7.82. The number of esters is 1. The average molecular weight is 248 g/mol. The fourth-order valence-corrected chi connectivity index (χ4v) is 6.68. The maximum Gasteiger partial charge on any atom is 0.303 e. The quantitative estimate of drug-likeness (QED) is 0.700. The Bertz CT molecular complexity index is 409. The first kappa shape index (κ1) is 11.3. The van der Waals surface area contributed by atoms with Crippen molar-refractivity contribution in [3.05, 3.63) is 0 Å². The smallest absolute Gasteiger partial charge is 0.303 e. The van der Waals surface area contributed by atoms with Crippen molar-refractivity contribution in [2.75, 3.05) is 0 Å². The molecule has 6 atom stereocenters. The lowest BCUT2D eigenvalue weighted by Gasteiger charge is -2.68. The van der Waals surface area contributed by atoms with Crippen molar-refractivity contribution in [2.24, 2.45) is 35.0 Å². The molecule has 18 heavy (non-hydrogen) atoms. The molecule has 2 nitrogen and oxygen atoms in total. The molecule has 1 spiro atoms. The van der Waals surface area contributed by atoms with Crippen molar-refractivity contribution in [2.45, 2.75) is 58.5 Å². The molecule has 5 aliphatic rings. The van der Waals surface area contributed by atoms with Crippen molar-refractivity contribution < 1.29 is 9.53 Å². The zero-order valence-corrected chi connectivity index (χ0v) is 11.7. The fraction of sp³-hybridized carbons (Fsp3) is 0.938. The molecule has 5 saturated carbocycles. The Hall–Kier alpha value is -0.530. The van der Waals surface area contributed by atoms with E-state index in [4.69, 9.17) is 4.74 Å². The normalized spacial score (nSPS) is 55.6. The van der Waals surface area contributed by atoms with E-state index in [1.54, 1.807) is 6.92 Å². The Balaban J connectivity index is 1.78. The van der Waals surface area contributed by atoms with E-state index in [1.165, 1.54) is 32.1 Å². The molecular formula is C16H24O2. The summed E-state index contributed by atoms with van der Waals surface area (Å²) in [6.45, 7) is 6.12. The SMILES string of the molecule is CC(=O)OC1(C(C)C)C2CC3CC4C1CC4(C3)C2. The summed E-state index contributed by atoms with van der Waals surface area (Å²) in [4.78, 5) is 11.6. The molecule has 0 radical (unpaired) electrons. The predicted molar refractivity (Wildman–Crippen MR) is 68.8 cm³/mol. The zero-order chi connectivity index (χ0) is 12.7. The van der Waals surface area contributed by atoms with Crippen LogP contribution in [0.25, 0.3) is 0 Å². The van der Waals surface area contributed by atoms with Gasteiger partial charge in [-0.2, -0.15) is 0 Å². The Morgan fingerprint density at radius 3 is 2.61 bits per heavy atom.